The Labute approximate surface area is 227 Å². The molecule has 0 spiro atoms. The van der Waals surface area contributed by atoms with E-state index in [0.29, 0.717) is 6.42 Å². The molecule has 0 radical (unpaired) electrons. The average Bonchev–Trinajstić information content (AvgIpc) is 2.90. The molecule has 0 aliphatic heterocycles. The minimum absolute atomic E-state index is 0.205. The second-order valence-corrected chi connectivity index (χ2v) is 11.8. The Balaban J connectivity index is 4.69. The molecule has 0 aromatic rings. The van der Waals surface area contributed by atoms with E-state index in [1.54, 1.807) is 0 Å². The first-order valence-corrected chi connectivity index (χ1v) is 16.4. The molecule has 214 valence electrons. The first kappa shape index (κ1) is 35.8. The third-order valence-corrected chi connectivity index (χ3v) is 8.52. The van der Waals surface area contributed by atoms with Gasteiger partial charge in [-0.1, -0.05) is 111 Å². The Morgan fingerprint density at radius 1 is 0.806 bits per heavy atom. The Morgan fingerprint density at radius 2 is 1.33 bits per heavy atom. The molecule has 0 aromatic carbocycles. The maximum atomic E-state index is 12.3. The number of hydrogen-bond donors (Lipinski definition) is 0. The van der Waals surface area contributed by atoms with Gasteiger partial charge in [0.2, 0.25) is 8.46 Å². The summed E-state index contributed by atoms with van der Waals surface area (Å²) < 4.78 is 22.1. The lowest BCUT2D eigenvalue weighted by molar-refractivity contribution is -0.402. The maximum Gasteiger partial charge on any atom is 0.382 e. The number of rotatable bonds is 27. The number of carbonyl (C=O) groups is 1. The van der Waals surface area contributed by atoms with Crippen molar-refractivity contribution in [2.75, 3.05) is 19.5 Å². The molecule has 0 heterocycles. The van der Waals surface area contributed by atoms with Crippen molar-refractivity contribution in [3.05, 3.63) is 0 Å². The van der Waals surface area contributed by atoms with E-state index < -0.39 is 20.0 Å². The number of ether oxygens (including phenoxy) is 2. The highest BCUT2D eigenvalue weighted by atomic mass is 32.2. The van der Waals surface area contributed by atoms with E-state index in [-0.39, 0.29) is 18.0 Å². The van der Waals surface area contributed by atoms with Crippen LogP contribution in [0.15, 0.2) is 0 Å². The SMILES string of the molecule is CCCCCCCCCCCSC(CCCCCCCC)C(C)OOC(OCCC)(P=O)C(=O)OC. The average molecular weight is 551 g/mol. The van der Waals surface area contributed by atoms with E-state index >= 15 is 0 Å². The molecule has 3 unspecified atom stereocenters. The van der Waals surface area contributed by atoms with Crippen LogP contribution in [0.3, 0.4) is 0 Å². The van der Waals surface area contributed by atoms with Crippen LogP contribution < -0.4 is 0 Å². The molecule has 3 atom stereocenters. The summed E-state index contributed by atoms with van der Waals surface area (Å²) in [5, 5.41) is 0.232. The summed E-state index contributed by atoms with van der Waals surface area (Å²) >= 11 is 1.92. The maximum absolute atomic E-state index is 12.3. The van der Waals surface area contributed by atoms with Crippen LogP contribution in [0, 0.1) is 0 Å². The van der Waals surface area contributed by atoms with Gasteiger partial charge >= 0.3 is 11.5 Å². The fourth-order valence-electron chi connectivity index (χ4n) is 4.00. The van der Waals surface area contributed by atoms with Gasteiger partial charge in [-0.2, -0.15) is 16.6 Å². The van der Waals surface area contributed by atoms with Crippen molar-refractivity contribution < 1.29 is 28.6 Å². The smallest absolute Gasteiger partial charge is 0.382 e. The molecule has 0 aliphatic rings. The van der Waals surface area contributed by atoms with Crippen LogP contribution in [0.1, 0.15) is 137 Å². The van der Waals surface area contributed by atoms with Crippen LogP contribution in [-0.4, -0.2) is 42.3 Å². The van der Waals surface area contributed by atoms with Crippen molar-refractivity contribution in [1.82, 2.24) is 0 Å². The summed E-state index contributed by atoms with van der Waals surface area (Å²) in [7, 11) is 0.573. The largest absolute Gasteiger partial charge is 0.464 e. The highest BCUT2D eigenvalue weighted by molar-refractivity contribution is 7.99. The van der Waals surface area contributed by atoms with Crippen LogP contribution in [-0.2, 0) is 28.6 Å². The molecule has 0 fully saturated rings. The van der Waals surface area contributed by atoms with Crippen molar-refractivity contribution in [3.63, 3.8) is 0 Å². The van der Waals surface area contributed by atoms with Gasteiger partial charge in [0.1, 0.15) is 6.10 Å². The molecule has 0 rings (SSSR count). The minimum atomic E-state index is -2.08. The van der Waals surface area contributed by atoms with E-state index in [1.807, 2.05) is 25.6 Å². The van der Waals surface area contributed by atoms with Crippen molar-refractivity contribution >= 4 is 26.2 Å². The van der Waals surface area contributed by atoms with E-state index in [9.17, 15) is 9.36 Å². The molecule has 0 saturated heterocycles. The molecule has 0 aliphatic carbocycles. The third-order valence-electron chi connectivity index (χ3n) is 6.32. The topological polar surface area (TPSA) is 71.1 Å². The van der Waals surface area contributed by atoms with Gasteiger partial charge in [-0.15, -0.1) is 0 Å². The van der Waals surface area contributed by atoms with Crippen molar-refractivity contribution in [2.45, 2.75) is 154 Å². The van der Waals surface area contributed by atoms with Gasteiger partial charge in [0.25, 0.3) is 0 Å². The predicted octanol–water partition coefficient (Wildman–Crippen LogP) is 9.25. The highest BCUT2D eigenvalue weighted by Gasteiger charge is 2.47. The molecule has 8 heteroatoms. The van der Waals surface area contributed by atoms with Gasteiger partial charge in [-0.3, -0.25) is 4.57 Å². The minimum Gasteiger partial charge on any atom is -0.464 e. The third kappa shape index (κ3) is 17.3. The molecular formula is C28H55O6PS. The van der Waals surface area contributed by atoms with E-state index in [0.717, 1.165) is 18.6 Å². The number of unbranched alkanes of at least 4 members (excludes halogenated alkanes) is 13. The van der Waals surface area contributed by atoms with Crippen LogP contribution in [0.5, 0.6) is 0 Å². The molecule has 0 bridgehead atoms. The van der Waals surface area contributed by atoms with Gasteiger partial charge in [0.15, 0.2) is 0 Å². The quantitative estimate of drug-likeness (QED) is 0.0252. The Morgan fingerprint density at radius 3 is 1.83 bits per heavy atom. The van der Waals surface area contributed by atoms with Gasteiger partial charge in [0, 0.05) is 5.25 Å². The number of carbonyl (C=O) groups excluding carboxylic acids is 1. The molecule has 0 saturated carbocycles. The first-order chi connectivity index (χ1) is 17.5. The van der Waals surface area contributed by atoms with E-state index in [1.165, 1.54) is 97.0 Å². The number of hydrogen-bond acceptors (Lipinski definition) is 7. The van der Waals surface area contributed by atoms with Crippen LogP contribution >= 0.6 is 20.2 Å². The van der Waals surface area contributed by atoms with Crippen LogP contribution in [0.4, 0.5) is 0 Å². The lowest BCUT2D eigenvalue weighted by Crippen LogP contribution is -2.42. The monoisotopic (exact) mass is 550 g/mol. The first-order valence-electron chi connectivity index (χ1n) is 14.5. The molecule has 0 amide bonds. The lowest BCUT2D eigenvalue weighted by Gasteiger charge is -2.28. The Bertz CT molecular complexity index is 524. The molecule has 6 nitrogen and oxygen atoms in total. The number of methoxy groups -OCH3 is 1. The van der Waals surface area contributed by atoms with Crippen molar-refractivity contribution in [1.29, 1.82) is 0 Å². The zero-order chi connectivity index (χ0) is 26.9. The summed E-state index contributed by atoms with van der Waals surface area (Å²) in [6, 6.07) is 0. The molecule has 0 N–H and O–H groups in total. The lowest BCUT2D eigenvalue weighted by atomic mass is 10.1. The van der Waals surface area contributed by atoms with Gasteiger partial charge in [-0.25, -0.2) is 9.68 Å². The zero-order valence-corrected chi connectivity index (χ0v) is 25.6. The fourth-order valence-corrected chi connectivity index (χ4v) is 5.70. The molecular weight excluding hydrogens is 495 g/mol. The second-order valence-electron chi connectivity index (χ2n) is 9.69. The summed E-state index contributed by atoms with van der Waals surface area (Å²) in [5.41, 5.74) is -2.08. The molecule has 36 heavy (non-hydrogen) atoms. The van der Waals surface area contributed by atoms with E-state index in [2.05, 4.69) is 13.8 Å². The summed E-state index contributed by atoms with van der Waals surface area (Å²) in [4.78, 5) is 23.3. The zero-order valence-electron chi connectivity index (χ0n) is 23.9. The van der Waals surface area contributed by atoms with Gasteiger partial charge < -0.3 is 9.47 Å². The highest BCUT2D eigenvalue weighted by Crippen LogP contribution is 2.32. The second kappa shape index (κ2) is 25.1. The molecule has 0 aromatic heterocycles. The van der Waals surface area contributed by atoms with Crippen molar-refractivity contribution in [3.8, 4) is 0 Å². The van der Waals surface area contributed by atoms with E-state index in [4.69, 9.17) is 19.2 Å². The van der Waals surface area contributed by atoms with Gasteiger partial charge in [0.05, 0.1) is 13.7 Å². The Hall–Kier alpha value is -0.200. The van der Waals surface area contributed by atoms with Crippen LogP contribution in [0.25, 0.3) is 0 Å². The fraction of sp³-hybridized carbons (Fsp3) is 0.964. The van der Waals surface area contributed by atoms with Gasteiger partial charge in [-0.05, 0) is 31.9 Å². The predicted molar refractivity (Wildman–Crippen MR) is 152 cm³/mol. The Kier molecular flexibility index (Phi) is 25.0. The summed E-state index contributed by atoms with van der Waals surface area (Å²) in [6.45, 7) is 8.55. The van der Waals surface area contributed by atoms with Crippen molar-refractivity contribution in [2.24, 2.45) is 0 Å². The normalized spacial score (nSPS) is 15.0. The standard InChI is InChI=1S/C28H55O6PS/c1-6-9-11-13-15-16-17-19-21-24-36-26(22-20-18-14-12-10-7-2)25(4)33-34-28(35-30,27(29)31-5)32-23-8-3/h25-26H,6-24H2,1-5H3. The van der Waals surface area contributed by atoms with Crippen LogP contribution in [0.2, 0.25) is 0 Å². The number of esters is 1. The number of thioether (sulfide) groups is 1. The summed E-state index contributed by atoms with van der Waals surface area (Å²) in [5.74, 6) is 0.216. The summed E-state index contributed by atoms with van der Waals surface area (Å²) in [6.07, 6.45) is 20.7.